The van der Waals surface area contributed by atoms with Crippen molar-refractivity contribution in [3.63, 3.8) is 0 Å². The number of benzene rings is 1. The van der Waals surface area contributed by atoms with Crippen molar-refractivity contribution in [1.29, 1.82) is 0 Å². The molecule has 24 heavy (non-hydrogen) atoms. The molecule has 1 aromatic carbocycles. The van der Waals surface area contributed by atoms with Crippen molar-refractivity contribution >= 4 is 10.0 Å². The second-order valence-electron chi connectivity index (χ2n) is 6.21. The van der Waals surface area contributed by atoms with Crippen molar-refractivity contribution in [2.75, 3.05) is 26.2 Å². The lowest BCUT2D eigenvalue weighted by atomic mass is 9.93. The summed E-state index contributed by atoms with van der Waals surface area (Å²) in [5.74, 6) is 0.551. The van der Waals surface area contributed by atoms with Gasteiger partial charge in [-0.1, -0.05) is 18.2 Å². The van der Waals surface area contributed by atoms with Crippen molar-refractivity contribution in [1.82, 2.24) is 19.4 Å². The molecule has 1 aromatic heterocycles. The number of nitrogens with zero attached hydrogens (tertiary/aromatic N) is 3. The molecule has 1 saturated heterocycles. The highest BCUT2D eigenvalue weighted by Crippen LogP contribution is 2.27. The molecule has 6 nitrogen and oxygen atoms in total. The molecule has 130 valence electrons. The van der Waals surface area contributed by atoms with Crippen LogP contribution >= 0.6 is 0 Å². The van der Waals surface area contributed by atoms with Crippen molar-refractivity contribution in [2.45, 2.75) is 23.7 Å². The predicted octanol–water partition coefficient (Wildman–Crippen LogP) is 1.58. The van der Waals surface area contributed by atoms with Crippen molar-refractivity contribution in [3.05, 3.63) is 48.3 Å². The third kappa shape index (κ3) is 4.03. The molecule has 1 N–H and O–H groups in total. The van der Waals surface area contributed by atoms with Gasteiger partial charge in [0, 0.05) is 37.9 Å². The van der Waals surface area contributed by atoms with Crippen molar-refractivity contribution < 1.29 is 8.42 Å². The third-order valence-corrected chi connectivity index (χ3v) is 6.12. The first-order valence-electron chi connectivity index (χ1n) is 8.31. The second-order valence-corrected chi connectivity index (χ2v) is 7.97. The Bertz CT molecular complexity index is 750. The summed E-state index contributed by atoms with van der Waals surface area (Å²) in [5, 5.41) is 4.24. The first-order valence-corrected chi connectivity index (χ1v) is 9.79. The van der Waals surface area contributed by atoms with Crippen LogP contribution in [0.15, 0.2) is 47.5 Å². The van der Waals surface area contributed by atoms with E-state index in [0.717, 1.165) is 32.5 Å². The van der Waals surface area contributed by atoms with Crippen LogP contribution in [-0.2, 0) is 17.1 Å². The molecular weight excluding hydrogens is 324 g/mol. The molecule has 2 aromatic rings. The van der Waals surface area contributed by atoms with E-state index in [4.69, 9.17) is 0 Å². The molecule has 1 fully saturated rings. The summed E-state index contributed by atoms with van der Waals surface area (Å²) in [4.78, 5) is 2.64. The lowest BCUT2D eigenvalue weighted by Crippen LogP contribution is -2.39. The molecule has 7 heteroatoms. The van der Waals surface area contributed by atoms with E-state index < -0.39 is 10.0 Å². The van der Waals surface area contributed by atoms with E-state index in [-0.39, 0.29) is 0 Å². The summed E-state index contributed by atoms with van der Waals surface area (Å²) >= 11 is 0. The van der Waals surface area contributed by atoms with Crippen molar-refractivity contribution in [3.8, 4) is 0 Å². The fourth-order valence-electron chi connectivity index (χ4n) is 3.26. The van der Waals surface area contributed by atoms with Gasteiger partial charge in [-0.25, -0.2) is 13.1 Å². The van der Waals surface area contributed by atoms with Gasteiger partial charge in [0.1, 0.15) is 0 Å². The molecule has 2 heterocycles. The molecule has 0 aliphatic carbocycles. The quantitative estimate of drug-likeness (QED) is 0.861. The first-order chi connectivity index (χ1) is 11.6. The predicted molar refractivity (Wildman–Crippen MR) is 93.3 cm³/mol. The van der Waals surface area contributed by atoms with E-state index in [1.165, 1.54) is 5.69 Å². The Morgan fingerprint density at radius 3 is 2.50 bits per heavy atom. The number of rotatable bonds is 6. The van der Waals surface area contributed by atoms with Gasteiger partial charge in [-0.15, -0.1) is 0 Å². The molecule has 1 aliphatic heterocycles. The standard InChI is InChI=1S/C17H24N4O2S/c1-20-17(7-10-18-20)15-8-12-21(13-9-15)14-11-19-24(22,23)16-5-3-2-4-6-16/h2-7,10,15,19H,8-9,11-14H2,1H3. The van der Waals surface area contributed by atoms with E-state index >= 15 is 0 Å². The van der Waals surface area contributed by atoms with Gasteiger partial charge >= 0.3 is 0 Å². The zero-order valence-electron chi connectivity index (χ0n) is 13.9. The molecular formula is C17H24N4O2S. The van der Waals surface area contributed by atoms with Gasteiger partial charge < -0.3 is 4.90 Å². The number of piperidine rings is 1. The monoisotopic (exact) mass is 348 g/mol. The Labute approximate surface area is 143 Å². The number of hydrogen-bond donors (Lipinski definition) is 1. The topological polar surface area (TPSA) is 67.2 Å². The molecule has 0 atom stereocenters. The first kappa shape index (κ1) is 17.1. The molecule has 0 saturated carbocycles. The minimum Gasteiger partial charge on any atom is -0.302 e. The summed E-state index contributed by atoms with van der Waals surface area (Å²) in [7, 11) is -1.42. The summed E-state index contributed by atoms with van der Waals surface area (Å²) in [6.45, 7) is 3.16. The largest absolute Gasteiger partial charge is 0.302 e. The number of hydrogen-bond acceptors (Lipinski definition) is 4. The normalized spacial score (nSPS) is 17.2. The Morgan fingerprint density at radius 2 is 1.88 bits per heavy atom. The number of likely N-dealkylation sites (tertiary alicyclic amines) is 1. The molecule has 0 bridgehead atoms. The van der Waals surface area contributed by atoms with Crippen LogP contribution < -0.4 is 4.72 Å². The maximum absolute atomic E-state index is 12.2. The average Bonchev–Trinajstić information content (AvgIpc) is 3.02. The van der Waals surface area contributed by atoms with Gasteiger partial charge in [-0.3, -0.25) is 4.68 Å². The highest BCUT2D eigenvalue weighted by Gasteiger charge is 2.22. The number of aromatic nitrogens is 2. The molecule has 0 spiro atoms. The fourth-order valence-corrected chi connectivity index (χ4v) is 4.30. The Balaban J connectivity index is 1.45. The van der Waals surface area contributed by atoms with Crippen LogP contribution in [0.4, 0.5) is 0 Å². The van der Waals surface area contributed by atoms with Crippen LogP contribution in [0.3, 0.4) is 0 Å². The van der Waals surface area contributed by atoms with Gasteiger partial charge in [0.05, 0.1) is 4.90 Å². The van der Waals surface area contributed by atoms with Gasteiger partial charge in [0.2, 0.25) is 10.0 Å². The number of aryl methyl sites for hydroxylation is 1. The highest BCUT2D eigenvalue weighted by atomic mass is 32.2. The molecule has 1 aliphatic rings. The minimum absolute atomic E-state index is 0.319. The molecule has 0 amide bonds. The minimum atomic E-state index is -3.40. The number of nitrogens with one attached hydrogen (secondary N) is 1. The van der Waals surface area contributed by atoms with Gasteiger partial charge in [0.15, 0.2) is 0 Å². The molecule has 0 unspecified atom stereocenters. The van der Waals surface area contributed by atoms with Crippen LogP contribution in [0.5, 0.6) is 0 Å². The highest BCUT2D eigenvalue weighted by molar-refractivity contribution is 7.89. The molecule has 3 rings (SSSR count). The maximum atomic E-state index is 12.2. The third-order valence-electron chi connectivity index (χ3n) is 4.64. The van der Waals surface area contributed by atoms with E-state index in [1.807, 2.05) is 24.0 Å². The number of sulfonamides is 1. The zero-order valence-corrected chi connectivity index (χ0v) is 14.7. The SMILES string of the molecule is Cn1nccc1C1CCN(CCNS(=O)(=O)c2ccccc2)CC1. The fraction of sp³-hybridized carbons (Fsp3) is 0.471. The Morgan fingerprint density at radius 1 is 1.17 bits per heavy atom. The summed E-state index contributed by atoms with van der Waals surface area (Å²) in [6.07, 6.45) is 4.02. The second kappa shape index (κ2) is 7.46. The van der Waals surface area contributed by atoms with Crippen LogP contribution in [0.1, 0.15) is 24.5 Å². The average molecular weight is 348 g/mol. The molecule has 0 radical (unpaired) electrons. The van der Waals surface area contributed by atoms with Gasteiger partial charge in [-0.2, -0.15) is 5.10 Å². The summed E-state index contributed by atoms with van der Waals surface area (Å²) in [6, 6.07) is 10.6. The van der Waals surface area contributed by atoms with Crippen LogP contribution in [0, 0.1) is 0 Å². The van der Waals surface area contributed by atoms with Crippen LogP contribution in [0.25, 0.3) is 0 Å². The lowest BCUT2D eigenvalue weighted by molar-refractivity contribution is 0.212. The van der Waals surface area contributed by atoms with Crippen molar-refractivity contribution in [2.24, 2.45) is 7.05 Å². The summed E-state index contributed by atoms with van der Waals surface area (Å²) in [5.41, 5.74) is 1.29. The zero-order chi connectivity index (χ0) is 17.0. The van der Waals surface area contributed by atoms with E-state index in [9.17, 15) is 8.42 Å². The Kier molecular flexibility index (Phi) is 5.33. The van der Waals surface area contributed by atoms with Gasteiger partial charge in [-0.05, 0) is 44.1 Å². The lowest BCUT2D eigenvalue weighted by Gasteiger charge is -2.31. The van der Waals surface area contributed by atoms with Crippen LogP contribution in [-0.4, -0.2) is 49.3 Å². The van der Waals surface area contributed by atoms with Gasteiger partial charge in [0.25, 0.3) is 0 Å². The van der Waals surface area contributed by atoms with Crippen LogP contribution in [0.2, 0.25) is 0 Å². The summed E-state index contributed by atoms with van der Waals surface area (Å²) < 4.78 is 29.0. The van der Waals surface area contributed by atoms with E-state index in [1.54, 1.807) is 24.3 Å². The van der Waals surface area contributed by atoms with E-state index in [2.05, 4.69) is 20.8 Å². The smallest absolute Gasteiger partial charge is 0.240 e. The maximum Gasteiger partial charge on any atom is 0.240 e. The van der Waals surface area contributed by atoms with E-state index in [0.29, 0.717) is 17.4 Å². The Hall–Kier alpha value is -1.70.